The highest BCUT2D eigenvalue weighted by Crippen LogP contribution is 2.20. The second-order valence-corrected chi connectivity index (χ2v) is 5.32. The van der Waals surface area contributed by atoms with E-state index in [0.29, 0.717) is 18.2 Å². The molecule has 1 aliphatic heterocycles. The van der Waals surface area contributed by atoms with Crippen LogP contribution in [0.1, 0.15) is 23.3 Å². The molecule has 6 nitrogen and oxygen atoms in total. The third-order valence-corrected chi connectivity index (χ3v) is 3.79. The highest BCUT2D eigenvalue weighted by atomic mass is 16.1. The minimum atomic E-state index is -0.0949. The number of hydrogen-bond donors (Lipinski definition) is 2. The van der Waals surface area contributed by atoms with Crippen molar-refractivity contribution < 1.29 is 4.79 Å². The molecule has 3 heterocycles. The first-order valence-corrected chi connectivity index (χ1v) is 7.25. The standard InChI is InChI=1S/C15H19N5O/c21-15(13-9-16-11-19-13)18-8-12-4-3-7-20(10-12)14-5-1-2-6-17-14/h1-2,5-6,9,11-12H,3-4,7-8,10H2,(H,16,19)(H,18,21)/t12-/m0/s1. The van der Waals surface area contributed by atoms with Crippen LogP contribution in [0.4, 0.5) is 5.82 Å². The summed E-state index contributed by atoms with van der Waals surface area (Å²) in [4.78, 5) is 25.3. The predicted molar refractivity (Wildman–Crippen MR) is 80.1 cm³/mol. The van der Waals surface area contributed by atoms with Crippen molar-refractivity contribution >= 4 is 11.7 Å². The van der Waals surface area contributed by atoms with E-state index >= 15 is 0 Å². The first kappa shape index (κ1) is 13.6. The molecule has 1 saturated heterocycles. The third-order valence-electron chi connectivity index (χ3n) is 3.79. The minimum Gasteiger partial charge on any atom is -0.356 e. The number of aromatic nitrogens is 3. The Kier molecular flexibility index (Phi) is 4.14. The smallest absolute Gasteiger partial charge is 0.269 e. The van der Waals surface area contributed by atoms with Gasteiger partial charge >= 0.3 is 0 Å². The lowest BCUT2D eigenvalue weighted by atomic mass is 9.98. The quantitative estimate of drug-likeness (QED) is 0.891. The van der Waals surface area contributed by atoms with E-state index in [9.17, 15) is 4.79 Å². The topological polar surface area (TPSA) is 73.9 Å². The Balaban J connectivity index is 1.53. The van der Waals surface area contributed by atoms with Gasteiger partial charge in [-0.05, 0) is 30.9 Å². The summed E-state index contributed by atoms with van der Waals surface area (Å²) in [6.07, 6.45) is 7.13. The van der Waals surface area contributed by atoms with E-state index in [1.54, 1.807) is 0 Å². The van der Waals surface area contributed by atoms with E-state index in [-0.39, 0.29) is 5.91 Å². The number of amides is 1. The number of carbonyl (C=O) groups excluding carboxylic acids is 1. The molecule has 0 saturated carbocycles. The zero-order chi connectivity index (χ0) is 14.5. The van der Waals surface area contributed by atoms with E-state index in [1.807, 2.05) is 24.4 Å². The number of piperidine rings is 1. The van der Waals surface area contributed by atoms with Crippen LogP contribution in [0.25, 0.3) is 0 Å². The summed E-state index contributed by atoms with van der Waals surface area (Å²) in [6, 6.07) is 5.97. The minimum absolute atomic E-state index is 0.0949. The van der Waals surface area contributed by atoms with Crippen molar-refractivity contribution in [2.45, 2.75) is 12.8 Å². The monoisotopic (exact) mass is 285 g/mol. The van der Waals surface area contributed by atoms with Crippen LogP contribution in [0.3, 0.4) is 0 Å². The normalized spacial score (nSPS) is 18.5. The van der Waals surface area contributed by atoms with Gasteiger partial charge in [0, 0.05) is 25.8 Å². The Morgan fingerprint density at radius 3 is 3.19 bits per heavy atom. The van der Waals surface area contributed by atoms with Crippen LogP contribution < -0.4 is 10.2 Å². The molecule has 2 aromatic rings. The molecule has 21 heavy (non-hydrogen) atoms. The second kappa shape index (κ2) is 6.39. The summed E-state index contributed by atoms with van der Waals surface area (Å²) in [5.41, 5.74) is 0.507. The van der Waals surface area contributed by atoms with Crippen LogP contribution in [0.2, 0.25) is 0 Å². The van der Waals surface area contributed by atoms with Crippen molar-refractivity contribution in [3.8, 4) is 0 Å². The third kappa shape index (κ3) is 3.39. The molecule has 1 amide bonds. The fourth-order valence-corrected chi connectivity index (χ4v) is 2.69. The number of rotatable bonds is 4. The fourth-order valence-electron chi connectivity index (χ4n) is 2.69. The second-order valence-electron chi connectivity index (χ2n) is 5.32. The number of pyridine rings is 1. The van der Waals surface area contributed by atoms with Gasteiger partial charge in [0.2, 0.25) is 0 Å². The Hall–Kier alpha value is -2.37. The van der Waals surface area contributed by atoms with Gasteiger partial charge in [0.05, 0.1) is 12.5 Å². The molecule has 0 aromatic carbocycles. The zero-order valence-electron chi connectivity index (χ0n) is 11.8. The van der Waals surface area contributed by atoms with Gasteiger partial charge in [-0.2, -0.15) is 0 Å². The van der Waals surface area contributed by atoms with E-state index in [2.05, 4.69) is 25.2 Å². The molecule has 6 heteroatoms. The average Bonchev–Trinajstić information content (AvgIpc) is 3.08. The summed E-state index contributed by atoms with van der Waals surface area (Å²) < 4.78 is 0. The van der Waals surface area contributed by atoms with Crippen molar-refractivity contribution in [3.63, 3.8) is 0 Å². The molecule has 110 valence electrons. The Labute approximate surface area is 123 Å². The largest absolute Gasteiger partial charge is 0.356 e. The number of hydrogen-bond acceptors (Lipinski definition) is 4. The van der Waals surface area contributed by atoms with Gasteiger partial charge in [0.25, 0.3) is 5.91 Å². The number of aromatic amines is 1. The highest BCUT2D eigenvalue weighted by molar-refractivity contribution is 5.91. The maximum Gasteiger partial charge on any atom is 0.269 e. The molecular weight excluding hydrogens is 266 g/mol. The van der Waals surface area contributed by atoms with Gasteiger partial charge < -0.3 is 15.2 Å². The predicted octanol–water partition coefficient (Wildman–Crippen LogP) is 1.45. The number of nitrogens with one attached hydrogen (secondary N) is 2. The number of nitrogens with zero attached hydrogens (tertiary/aromatic N) is 3. The lowest BCUT2D eigenvalue weighted by molar-refractivity contribution is 0.0941. The summed E-state index contributed by atoms with van der Waals surface area (Å²) in [5.74, 6) is 1.37. The van der Waals surface area contributed by atoms with Gasteiger partial charge in [-0.3, -0.25) is 4.79 Å². The first-order valence-electron chi connectivity index (χ1n) is 7.25. The number of imidazole rings is 1. The maximum absolute atomic E-state index is 11.9. The number of H-pyrrole nitrogens is 1. The summed E-state index contributed by atoms with van der Waals surface area (Å²) in [6.45, 7) is 2.64. The molecule has 1 fully saturated rings. The van der Waals surface area contributed by atoms with Crippen molar-refractivity contribution in [2.75, 3.05) is 24.5 Å². The molecule has 1 aliphatic rings. The van der Waals surface area contributed by atoms with Crippen LogP contribution in [-0.4, -0.2) is 40.5 Å². The van der Waals surface area contributed by atoms with Crippen LogP contribution in [0.15, 0.2) is 36.9 Å². The molecule has 2 aromatic heterocycles. The van der Waals surface area contributed by atoms with Gasteiger partial charge in [-0.1, -0.05) is 6.07 Å². The van der Waals surface area contributed by atoms with Crippen LogP contribution in [0.5, 0.6) is 0 Å². The van der Waals surface area contributed by atoms with E-state index in [1.165, 1.54) is 12.5 Å². The van der Waals surface area contributed by atoms with Crippen LogP contribution >= 0.6 is 0 Å². The molecule has 2 N–H and O–H groups in total. The molecule has 0 bridgehead atoms. The summed E-state index contributed by atoms with van der Waals surface area (Å²) in [5, 5.41) is 2.97. The van der Waals surface area contributed by atoms with Crippen LogP contribution in [-0.2, 0) is 0 Å². The summed E-state index contributed by atoms with van der Waals surface area (Å²) >= 11 is 0. The van der Waals surface area contributed by atoms with Gasteiger partial charge in [0.15, 0.2) is 0 Å². The Bertz CT molecular complexity index is 569. The van der Waals surface area contributed by atoms with Crippen molar-refractivity contribution in [1.29, 1.82) is 0 Å². The lowest BCUT2D eigenvalue weighted by Crippen LogP contribution is -2.41. The average molecular weight is 285 g/mol. The van der Waals surface area contributed by atoms with Gasteiger partial charge in [-0.15, -0.1) is 0 Å². The summed E-state index contributed by atoms with van der Waals surface area (Å²) in [7, 11) is 0. The zero-order valence-corrected chi connectivity index (χ0v) is 11.8. The van der Waals surface area contributed by atoms with Crippen molar-refractivity contribution in [2.24, 2.45) is 5.92 Å². The maximum atomic E-state index is 11.9. The van der Waals surface area contributed by atoms with Crippen molar-refractivity contribution in [1.82, 2.24) is 20.3 Å². The molecule has 0 aliphatic carbocycles. The molecule has 3 rings (SSSR count). The first-order chi connectivity index (χ1) is 10.3. The number of anilines is 1. The lowest BCUT2D eigenvalue weighted by Gasteiger charge is -2.33. The molecular formula is C15H19N5O. The Morgan fingerprint density at radius 1 is 1.48 bits per heavy atom. The SMILES string of the molecule is O=C(NC[C@@H]1CCCN(c2ccccn2)C1)c1cnc[nH]1. The fraction of sp³-hybridized carbons (Fsp3) is 0.400. The van der Waals surface area contributed by atoms with E-state index < -0.39 is 0 Å². The van der Waals surface area contributed by atoms with Gasteiger partial charge in [-0.25, -0.2) is 9.97 Å². The van der Waals surface area contributed by atoms with E-state index in [4.69, 9.17) is 0 Å². The van der Waals surface area contributed by atoms with Crippen LogP contribution in [0, 0.1) is 5.92 Å². The van der Waals surface area contributed by atoms with Crippen molar-refractivity contribution in [3.05, 3.63) is 42.6 Å². The molecule has 0 spiro atoms. The number of carbonyl (C=O) groups is 1. The highest BCUT2D eigenvalue weighted by Gasteiger charge is 2.21. The Morgan fingerprint density at radius 2 is 2.43 bits per heavy atom. The van der Waals surface area contributed by atoms with E-state index in [0.717, 1.165) is 31.7 Å². The molecule has 0 radical (unpaired) electrons. The molecule has 1 atom stereocenters. The van der Waals surface area contributed by atoms with Gasteiger partial charge in [0.1, 0.15) is 11.5 Å². The molecule has 0 unspecified atom stereocenters.